The van der Waals surface area contributed by atoms with Crippen molar-refractivity contribution in [2.75, 3.05) is 49.1 Å². The Labute approximate surface area is 509 Å². The van der Waals surface area contributed by atoms with Gasteiger partial charge in [0.15, 0.2) is 0 Å². The van der Waals surface area contributed by atoms with Gasteiger partial charge in [-0.15, -0.1) is 0 Å². The summed E-state index contributed by atoms with van der Waals surface area (Å²) < 4.78 is 6.87. The Morgan fingerprint density at radius 2 is 0.737 bits per heavy atom. The summed E-state index contributed by atoms with van der Waals surface area (Å²) in [5.41, 5.74) is 13.6. The Morgan fingerprint density at radius 1 is 0.382 bits per heavy atom. The summed E-state index contributed by atoms with van der Waals surface area (Å²) in [7, 11) is 0. The van der Waals surface area contributed by atoms with Crippen LogP contribution in [0, 0.1) is 0 Å². The Hall–Kier alpha value is -3.21. The van der Waals surface area contributed by atoms with Crippen molar-refractivity contribution in [2.24, 2.45) is 0 Å². The number of hydrogen-bond donors (Lipinski definition) is 1. The maximum atomic E-state index is 4.63. The maximum absolute atomic E-state index is 4.63. The lowest BCUT2D eigenvalue weighted by molar-refractivity contribution is -0.0000141. The van der Waals surface area contributed by atoms with Crippen LogP contribution in [0.15, 0.2) is 205 Å². The van der Waals surface area contributed by atoms with Crippen molar-refractivity contribution in [1.29, 1.82) is 0 Å². The highest BCUT2D eigenvalue weighted by Gasteiger charge is 2.22. The molecule has 4 nitrogen and oxygen atoms in total. The Bertz CT molecular complexity index is 3220. The average Bonchev–Trinajstić information content (AvgIpc) is 4.29. The van der Waals surface area contributed by atoms with Gasteiger partial charge in [0.1, 0.15) is 11.0 Å². The van der Waals surface area contributed by atoms with Gasteiger partial charge in [-0.25, -0.2) is 4.98 Å². The topological polar surface area (TPSA) is 31.4 Å². The lowest BCUT2D eigenvalue weighted by Crippen LogP contribution is -3.00. The first-order valence-electron chi connectivity index (χ1n) is 26.0. The zero-order chi connectivity index (χ0) is 51.1. The molecule has 0 spiro atoms. The van der Waals surface area contributed by atoms with Crippen LogP contribution in [0.3, 0.4) is 0 Å². The van der Waals surface area contributed by atoms with E-state index in [0.717, 1.165) is 48.2 Å². The smallest absolute Gasteiger partial charge is 0.258 e. The lowest BCUT2D eigenvalue weighted by Gasteiger charge is -2.25. The normalized spacial score (nSPS) is 15.3. The summed E-state index contributed by atoms with van der Waals surface area (Å²) in [6, 6.07) is 56.9. The molecule has 8 aromatic carbocycles. The first kappa shape index (κ1) is 56.1. The quantitative estimate of drug-likeness (QED) is 0.136. The number of nitrogens with zero attached hydrogens (tertiary/aromatic N) is 3. The molecular formula is C63H57Br5N4S4. The average molecular weight is 1400 g/mol. The number of hydrogen-bond acceptors (Lipinski definition) is 7. The van der Waals surface area contributed by atoms with Crippen molar-refractivity contribution < 1.29 is 17.0 Å². The van der Waals surface area contributed by atoms with E-state index < -0.39 is 0 Å². The molecule has 1 N–H and O–H groups in total. The van der Waals surface area contributed by atoms with E-state index in [1.807, 2.05) is 59.6 Å². The standard InChI is InChI=1S/C21H24N2S.C13H8Br2S.C13H10S.C12H6Br2NS.C4H9N.BrH/c1-2-10-22(9-1)18-7-5-16-13-17-6-8-19(23-11-3-4-12-23)15-21(17)24-20(16)14-18;14-10-3-1-8-5-9-2-4-11(15)7-13(9)16-12(8)6-10;1-3-7-12-10(5-1)9-11-6-2-4-8-13(11)14-12;13-7-1-3-9-11(5-7)16-12-6-8(14)2-4-10(12)15-9;1-2-4-5-3-1;/h5-8,14-15H,1-4,9-13H2;1-4,6-7H,5H2;1-8H,9H2;1-6H;5H,1-4H2;1H/q;;;+1;;/p-1. The fourth-order valence-electron chi connectivity index (χ4n) is 10.1. The number of aromatic nitrogens is 1. The molecule has 76 heavy (non-hydrogen) atoms. The molecule has 6 aliphatic rings. The molecule has 0 saturated carbocycles. The van der Waals surface area contributed by atoms with Gasteiger partial charge in [-0.05, 0) is 189 Å². The monoisotopic (exact) mass is 1390 g/mol. The van der Waals surface area contributed by atoms with Gasteiger partial charge in [0.2, 0.25) is 11.3 Å². The van der Waals surface area contributed by atoms with Crippen molar-refractivity contribution in [3.8, 4) is 0 Å². The van der Waals surface area contributed by atoms with Crippen LogP contribution in [0.1, 0.15) is 71.9 Å². The first-order chi connectivity index (χ1) is 36.7. The zero-order valence-electron chi connectivity index (χ0n) is 42.0. The Balaban J connectivity index is 0.000000113. The van der Waals surface area contributed by atoms with Gasteiger partial charge >= 0.3 is 0 Å². The number of rotatable bonds is 2. The van der Waals surface area contributed by atoms with Crippen molar-refractivity contribution in [3.63, 3.8) is 0 Å². The fourth-order valence-corrected chi connectivity index (χ4v) is 16.6. The molecule has 0 amide bonds. The molecule has 0 radical (unpaired) electrons. The molecule has 0 atom stereocenters. The molecule has 6 aliphatic heterocycles. The molecule has 7 heterocycles. The van der Waals surface area contributed by atoms with E-state index >= 15 is 0 Å². The summed E-state index contributed by atoms with van der Waals surface area (Å²) >= 11 is 21.5. The van der Waals surface area contributed by atoms with E-state index in [-0.39, 0.29) is 17.0 Å². The molecule has 0 bridgehead atoms. The van der Waals surface area contributed by atoms with Crippen LogP contribution in [0.25, 0.3) is 20.4 Å². The molecule has 13 heteroatoms. The molecule has 3 saturated heterocycles. The highest BCUT2D eigenvalue weighted by atomic mass is 79.9. The minimum atomic E-state index is 0. The van der Waals surface area contributed by atoms with Gasteiger partial charge in [0, 0.05) is 97.0 Å². The van der Waals surface area contributed by atoms with E-state index in [1.54, 1.807) is 11.3 Å². The van der Waals surface area contributed by atoms with Gasteiger partial charge in [0.05, 0.1) is 0 Å². The molecule has 9 aromatic rings. The minimum absolute atomic E-state index is 0. The van der Waals surface area contributed by atoms with Crippen LogP contribution in [-0.2, 0) is 19.3 Å². The third kappa shape index (κ3) is 14.2. The summed E-state index contributed by atoms with van der Waals surface area (Å²) in [6.07, 6.45) is 11.3. The molecular weight excluding hydrogens is 1340 g/mol. The van der Waals surface area contributed by atoms with E-state index in [1.165, 1.54) is 161 Å². The SMILES string of the molecule is Brc1ccc2c(c1)Sc1cc(Br)ccc1C2.Brc1ccc2nc3ccc(Br)cc3[s+]c2c1.C1CCNC1.[Br-].c1cc2c(cc1N1CCCC1)Sc1cc(N3CCCC3)ccc1C2.c1ccc2c(c1)Cc1ccccc1S2. The molecule has 388 valence electrons. The molecule has 0 unspecified atom stereocenters. The highest BCUT2D eigenvalue weighted by molar-refractivity contribution is 9.11. The van der Waals surface area contributed by atoms with Crippen LogP contribution < -0.4 is 32.1 Å². The van der Waals surface area contributed by atoms with Gasteiger partial charge < -0.3 is 32.1 Å². The third-order valence-corrected chi connectivity index (χ3v) is 20.8. The second kappa shape index (κ2) is 26.8. The van der Waals surface area contributed by atoms with E-state index in [0.29, 0.717) is 0 Å². The molecule has 0 aliphatic carbocycles. The second-order valence-corrected chi connectivity index (χ2v) is 27.4. The van der Waals surface area contributed by atoms with Crippen molar-refractivity contribution in [3.05, 3.63) is 209 Å². The Kier molecular flexibility index (Phi) is 19.8. The molecule has 3 fully saturated rings. The van der Waals surface area contributed by atoms with Crippen LogP contribution >= 0.6 is 110 Å². The van der Waals surface area contributed by atoms with Gasteiger partial charge in [-0.2, -0.15) is 0 Å². The number of benzene rings is 8. The predicted molar refractivity (Wildman–Crippen MR) is 337 cm³/mol. The molecule has 1 aromatic heterocycles. The Morgan fingerprint density at radius 3 is 1.16 bits per heavy atom. The van der Waals surface area contributed by atoms with Crippen LogP contribution in [0.2, 0.25) is 0 Å². The van der Waals surface area contributed by atoms with Crippen LogP contribution in [0.4, 0.5) is 11.4 Å². The molecule has 15 rings (SSSR count). The predicted octanol–water partition coefficient (Wildman–Crippen LogP) is 16.6. The summed E-state index contributed by atoms with van der Waals surface area (Å²) in [4.78, 5) is 18.2. The van der Waals surface area contributed by atoms with Crippen molar-refractivity contribution in [2.45, 2.75) is 87.2 Å². The number of anilines is 2. The first-order valence-corrected chi connectivity index (χ1v) is 32.4. The van der Waals surface area contributed by atoms with E-state index in [4.69, 9.17) is 0 Å². The second-order valence-electron chi connectivity index (χ2n) is 19.4. The number of halogens is 5. The van der Waals surface area contributed by atoms with Gasteiger partial charge in [-0.3, -0.25) is 0 Å². The van der Waals surface area contributed by atoms with Crippen molar-refractivity contribution >= 4 is 142 Å². The van der Waals surface area contributed by atoms with Crippen molar-refractivity contribution in [1.82, 2.24) is 10.3 Å². The van der Waals surface area contributed by atoms with Gasteiger partial charge in [-0.1, -0.05) is 160 Å². The fraction of sp³-hybridized carbons (Fsp3) is 0.238. The number of fused-ring (bicyclic) bond motifs is 8. The van der Waals surface area contributed by atoms with E-state index in [9.17, 15) is 0 Å². The van der Waals surface area contributed by atoms with Gasteiger partial charge in [0.25, 0.3) is 9.40 Å². The lowest BCUT2D eigenvalue weighted by atomic mass is 10.0. The van der Waals surface area contributed by atoms with E-state index in [2.05, 4.69) is 217 Å². The summed E-state index contributed by atoms with van der Waals surface area (Å²) in [5.74, 6) is 0. The maximum Gasteiger partial charge on any atom is 0.258 e. The van der Waals surface area contributed by atoms with Crippen LogP contribution in [-0.4, -0.2) is 44.3 Å². The minimum Gasteiger partial charge on any atom is -1.00 e. The third-order valence-electron chi connectivity index (χ3n) is 14.1. The largest absolute Gasteiger partial charge is 1.00 e. The summed E-state index contributed by atoms with van der Waals surface area (Å²) in [5, 5.41) is 3.22. The summed E-state index contributed by atoms with van der Waals surface area (Å²) in [6.45, 7) is 7.39. The zero-order valence-corrected chi connectivity index (χ0v) is 53.2. The highest BCUT2D eigenvalue weighted by Crippen LogP contribution is 2.45. The number of nitrogens with one attached hydrogen (secondary N) is 1. The van der Waals surface area contributed by atoms with Crippen LogP contribution in [0.5, 0.6) is 0 Å².